The van der Waals surface area contributed by atoms with Crippen molar-refractivity contribution < 1.29 is 9.53 Å². The SMILES string of the molecule is COCCNC(=O)c1c(N)n(N=Cc2cccc(Cl)c2)c2nc3ccccc3nc12. The minimum Gasteiger partial charge on any atom is -0.383 e. The van der Waals surface area contributed by atoms with Gasteiger partial charge in [0.05, 0.1) is 23.9 Å². The summed E-state index contributed by atoms with van der Waals surface area (Å²) in [7, 11) is 1.56. The standard InChI is InChI=1S/C21H19ClN6O2/c1-30-10-9-24-21(29)17-18-20(27-16-8-3-2-7-15(16)26-18)28(19(17)23)25-12-13-5-4-6-14(22)11-13/h2-8,11-12H,9-10,23H2,1H3,(H,24,29). The summed E-state index contributed by atoms with van der Waals surface area (Å²) in [6.07, 6.45) is 1.60. The predicted octanol–water partition coefficient (Wildman–Crippen LogP) is 3.08. The van der Waals surface area contributed by atoms with Crippen LogP contribution in [0.15, 0.2) is 53.6 Å². The van der Waals surface area contributed by atoms with Crippen LogP contribution in [-0.2, 0) is 4.74 Å². The number of methoxy groups -OCH3 is 1. The Morgan fingerprint density at radius 1 is 1.23 bits per heavy atom. The van der Waals surface area contributed by atoms with Crippen molar-refractivity contribution >= 4 is 51.7 Å². The molecule has 0 fully saturated rings. The number of anilines is 1. The Hall–Kier alpha value is -3.49. The molecule has 0 radical (unpaired) electrons. The molecule has 0 aliphatic carbocycles. The van der Waals surface area contributed by atoms with E-state index in [1.54, 1.807) is 25.5 Å². The van der Waals surface area contributed by atoms with E-state index in [1.807, 2.05) is 36.4 Å². The molecule has 30 heavy (non-hydrogen) atoms. The van der Waals surface area contributed by atoms with Crippen molar-refractivity contribution in [3.63, 3.8) is 0 Å². The lowest BCUT2D eigenvalue weighted by atomic mass is 10.2. The number of aromatic nitrogens is 3. The number of ether oxygens (including phenoxy) is 1. The van der Waals surface area contributed by atoms with Crippen LogP contribution in [0.4, 0.5) is 5.82 Å². The average Bonchev–Trinajstić information content (AvgIpc) is 3.01. The molecule has 0 spiro atoms. The highest BCUT2D eigenvalue weighted by molar-refractivity contribution is 6.30. The molecule has 0 atom stereocenters. The molecule has 0 aliphatic heterocycles. The second-order valence-electron chi connectivity index (χ2n) is 6.50. The number of benzene rings is 2. The van der Waals surface area contributed by atoms with Crippen molar-refractivity contribution in [3.05, 3.63) is 64.7 Å². The van der Waals surface area contributed by atoms with Crippen LogP contribution in [0.1, 0.15) is 15.9 Å². The fourth-order valence-corrected chi connectivity index (χ4v) is 3.25. The van der Waals surface area contributed by atoms with E-state index in [0.717, 1.165) is 5.56 Å². The Labute approximate surface area is 177 Å². The van der Waals surface area contributed by atoms with Gasteiger partial charge in [-0.25, -0.2) is 9.97 Å². The van der Waals surface area contributed by atoms with Crippen LogP contribution in [0, 0.1) is 0 Å². The van der Waals surface area contributed by atoms with Crippen LogP contribution >= 0.6 is 11.6 Å². The lowest BCUT2D eigenvalue weighted by molar-refractivity contribution is 0.0939. The molecular weight excluding hydrogens is 404 g/mol. The van der Waals surface area contributed by atoms with E-state index in [9.17, 15) is 4.79 Å². The van der Waals surface area contributed by atoms with Gasteiger partial charge in [0, 0.05) is 18.7 Å². The van der Waals surface area contributed by atoms with Gasteiger partial charge >= 0.3 is 0 Å². The molecule has 3 N–H and O–H groups in total. The van der Waals surface area contributed by atoms with Crippen molar-refractivity contribution in [2.24, 2.45) is 5.10 Å². The number of carbonyl (C=O) groups excluding carboxylic acids is 1. The number of nitrogens with one attached hydrogen (secondary N) is 1. The minimum atomic E-state index is -0.365. The summed E-state index contributed by atoms with van der Waals surface area (Å²) in [5, 5.41) is 7.82. The van der Waals surface area contributed by atoms with Gasteiger partial charge < -0.3 is 15.8 Å². The van der Waals surface area contributed by atoms with Crippen molar-refractivity contribution in [1.82, 2.24) is 20.0 Å². The van der Waals surface area contributed by atoms with E-state index in [-0.39, 0.29) is 17.3 Å². The normalized spacial score (nSPS) is 11.5. The molecule has 2 heterocycles. The molecule has 0 saturated heterocycles. The van der Waals surface area contributed by atoms with Gasteiger partial charge in [-0.1, -0.05) is 35.9 Å². The number of hydrogen-bond donors (Lipinski definition) is 2. The van der Waals surface area contributed by atoms with Gasteiger partial charge in [-0.3, -0.25) is 4.79 Å². The molecule has 0 aliphatic rings. The highest BCUT2D eigenvalue weighted by atomic mass is 35.5. The lowest BCUT2D eigenvalue weighted by Gasteiger charge is -2.04. The number of nitrogens with two attached hydrogens (primary N) is 1. The monoisotopic (exact) mass is 422 g/mol. The van der Waals surface area contributed by atoms with Crippen LogP contribution in [-0.4, -0.2) is 47.0 Å². The maximum atomic E-state index is 12.8. The minimum absolute atomic E-state index is 0.147. The molecule has 0 saturated carbocycles. The number of nitrogen functional groups attached to an aromatic ring is 1. The fraction of sp³-hybridized carbons (Fsp3) is 0.143. The summed E-state index contributed by atoms with van der Waals surface area (Å²) in [6, 6.07) is 14.6. The summed E-state index contributed by atoms with van der Waals surface area (Å²) in [5.74, 6) is -0.218. The van der Waals surface area contributed by atoms with E-state index in [1.165, 1.54) is 4.68 Å². The molecule has 1 amide bonds. The molecule has 4 aromatic rings. The molecule has 2 aromatic carbocycles. The van der Waals surface area contributed by atoms with Crippen molar-refractivity contribution in [2.75, 3.05) is 26.0 Å². The topological polar surface area (TPSA) is 107 Å². The van der Waals surface area contributed by atoms with Gasteiger partial charge in [0.15, 0.2) is 5.65 Å². The number of nitrogens with zero attached hydrogens (tertiary/aromatic N) is 4. The van der Waals surface area contributed by atoms with Gasteiger partial charge in [-0.05, 0) is 29.8 Å². The third kappa shape index (κ3) is 3.83. The number of para-hydroxylation sites is 2. The first kappa shape index (κ1) is 19.8. The summed E-state index contributed by atoms with van der Waals surface area (Å²) in [6.45, 7) is 0.722. The van der Waals surface area contributed by atoms with E-state index in [2.05, 4.69) is 20.4 Å². The predicted molar refractivity (Wildman–Crippen MR) is 118 cm³/mol. The Bertz CT molecular complexity index is 1270. The maximum absolute atomic E-state index is 12.8. The molecule has 4 rings (SSSR count). The fourth-order valence-electron chi connectivity index (χ4n) is 3.05. The molecule has 2 aromatic heterocycles. The van der Waals surface area contributed by atoms with E-state index in [4.69, 9.17) is 22.1 Å². The molecule has 0 bridgehead atoms. The summed E-state index contributed by atoms with van der Waals surface area (Å²) < 4.78 is 6.41. The smallest absolute Gasteiger partial charge is 0.257 e. The van der Waals surface area contributed by atoms with Crippen LogP contribution in [0.2, 0.25) is 5.02 Å². The van der Waals surface area contributed by atoms with Crippen molar-refractivity contribution in [3.8, 4) is 0 Å². The van der Waals surface area contributed by atoms with Gasteiger partial charge in [0.25, 0.3) is 5.91 Å². The third-order valence-electron chi connectivity index (χ3n) is 4.46. The third-order valence-corrected chi connectivity index (χ3v) is 4.70. The summed E-state index contributed by atoms with van der Waals surface area (Å²) >= 11 is 6.05. The Kier molecular flexibility index (Phi) is 5.60. The lowest BCUT2D eigenvalue weighted by Crippen LogP contribution is -2.27. The van der Waals surface area contributed by atoms with Crippen molar-refractivity contribution in [2.45, 2.75) is 0 Å². The summed E-state index contributed by atoms with van der Waals surface area (Å²) in [4.78, 5) is 22.1. The van der Waals surface area contributed by atoms with Crippen LogP contribution in [0.25, 0.3) is 22.2 Å². The molecule has 152 valence electrons. The highest BCUT2D eigenvalue weighted by Gasteiger charge is 2.23. The first-order valence-electron chi connectivity index (χ1n) is 9.22. The van der Waals surface area contributed by atoms with Crippen LogP contribution in [0.5, 0.6) is 0 Å². The van der Waals surface area contributed by atoms with E-state index >= 15 is 0 Å². The number of carbonyl (C=O) groups is 1. The number of fused-ring (bicyclic) bond motifs is 2. The largest absolute Gasteiger partial charge is 0.383 e. The quantitative estimate of drug-likeness (QED) is 0.366. The van der Waals surface area contributed by atoms with Gasteiger partial charge in [-0.2, -0.15) is 9.78 Å². The van der Waals surface area contributed by atoms with Gasteiger partial charge in [-0.15, -0.1) is 0 Å². The number of amides is 1. The molecular formula is C21H19ClN6O2. The Morgan fingerprint density at radius 2 is 2.00 bits per heavy atom. The van der Waals surface area contributed by atoms with Gasteiger partial charge in [0.2, 0.25) is 0 Å². The Morgan fingerprint density at radius 3 is 2.73 bits per heavy atom. The number of rotatable bonds is 6. The average molecular weight is 423 g/mol. The first-order valence-corrected chi connectivity index (χ1v) is 9.60. The zero-order valence-electron chi connectivity index (χ0n) is 16.2. The number of halogens is 1. The first-order chi connectivity index (χ1) is 14.6. The molecule has 0 unspecified atom stereocenters. The number of hydrogen-bond acceptors (Lipinski definition) is 6. The van der Waals surface area contributed by atoms with Crippen LogP contribution < -0.4 is 11.1 Å². The second-order valence-corrected chi connectivity index (χ2v) is 6.94. The zero-order valence-corrected chi connectivity index (χ0v) is 16.9. The Balaban J connectivity index is 1.86. The van der Waals surface area contributed by atoms with E-state index in [0.29, 0.717) is 40.4 Å². The van der Waals surface area contributed by atoms with Crippen molar-refractivity contribution in [1.29, 1.82) is 0 Å². The highest BCUT2D eigenvalue weighted by Crippen LogP contribution is 2.27. The molecule has 8 nitrogen and oxygen atoms in total. The van der Waals surface area contributed by atoms with Gasteiger partial charge in [0.1, 0.15) is 16.9 Å². The second kappa shape index (κ2) is 8.48. The maximum Gasteiger partial charge on any atom is 0.257 e. The van der Waals surface area contributed by atoms with Crippen LogP contribution in [0.3, 0.4) is 0 Å². The molecule has 9 heteroatoms. The summed E-state index contributed by atoms with van der Waals surface area (Å²) in [5.41, 5.74) is 9.44. The van der Waals surface area contributed by atoms with E-state index < -0.39 is 0 Å². The zero-order chi connectivity index (χ0) is 21.1.